The molecule has 1 heterocycles. The largest absolute Gasteiger partial charge is 0.369 e. The average Bonchev–Trinajstić information content (AvgIpc) is 2.67. The first-order valence-corrected chi connectivity index (χ1v) is 7.06. The molecule has 0 spiro atoms. The number of amides is 1. The number of hydrogen-bond donors (Lipinski definition) is 2. The van der Waals surface area contributed by atoms with Crippen molar-refractivity contribution in [1.29, 1.82) is 0 Å². The second-order valence-electron chi connectivity index (χ2n) is 4.33. The summed E-state index contributed by atoms with van der Waals surface area (Å²) in [6, 6.07) is 8.72. The van der Waals surface area contributed by atoms with Crippen LogP contribution in [0.3, 0.4) is 0 Å². The number of nitrogens with one attached hydrogen (secondary N) is 1. The van der Waals surface area contributed by atoms with Crippen LogP contribution in [0, 0.1) is 13.8 Å². The summed E-state index contributed by atoms with van der Waals surface area (Å²) in [5.41, 5.74) is 7.12. The summed E-state index contributed by atoms with van der Waals surface area (Å²) in [5, 5.41) is 3.69. The fraction of sp³-hybridized carbons (Fsp3) is 0.214. The van der Waals surface area contributed by atoms with Gasteiger partial charge in [-0.2, -0.15) is 0 Å². The monoisotopic (exact) mass is 294 g/mol. The van der Waals surface area contributed by atoms with Crippen LogP contribution in [-0.2, 0) is 4.79 Å². The normalized spacial score (nSPS) is 12.2. The number of aryl methyl sites for hydroxylation is 2. The van der Waals surface area contributed by atoms with Crippen LogP contribution >= 0.6 is 22.9 Å². The molecule has 19 heavy (non-hydrogen) atoms. The third kappa shape index (κ3) is 3.08. The predicted molar refractivity (Wildman–Crippen MR) is 80.8 cm³/mol. The molecule has 2 rings (SSSR count). The molecule has 0 aliphatic carbocycles. The maximum absolute atomic E-state index is 11.7. The van der Waals surface area contributed by atoms with Crippen molar-refractivity contribution in [2.24, 2.45) is 5.73 Å². The number of carbonyl (C=O) groups is 1. The van der Waals surface area contributed by atoms with Crippen molar-refractivity contribution in [1.82, 2.24) is 0 Å². The van der Waals surface area contributed by atoms with Crippen molar-refractivity contribution in [3.63, 3.8) is 0 Å². The molecule has 1 aromatic carbocycles. The highest BCUT2D eigenvalue weighted by Gasteiger charge is 2.21. The summed E-state index contributed by atoms with van der Waals surface area (Å²) in [4.78, 5) is 13.9. The lowest BCUT2D eigenvalue weighted by molar-refractivity contribution is -0.118. The number of hydrogen-bond acceptors (Lipinski definition) is 3. The third-order valence-corrected chi connectivity index (χ3v) is 4.16. The number of halogens is 1. The Morgan fingerprint density at radius 3 is 2.58 bits per heavy atom. The van der Waals surface area contributed by atoms with Gasteiger partial charge in [-0.3, -0.25) is 4.79 Å². The van der Waals surface area contributed by atoms with E-state index in [9.17, 15) is 4.79 Å². The van der Waals surface area contributed by atoms with Gasteiger partial charge in [-0.1, -0.05) is 23.7 Å². The Hall–Kier alpha value is -1.52. The van der Waals surface area contributed by atoms with Crippen LogP contribution < -0.4 is 11.1 Å². The van der Waals surface area contributed by atoms with E-state index >= 15 is 0 Å². The number of carbonyl (C=O) groups excluding carboxylic acids is 1. The highest BCUT2D eigenvalue weighted by Crippen LogP contribution is 2.31. The number of rotatable bonds is 4. The van der Waals surface area contributed by atoms with Gasteiger partial charge < -0.3 is 11.1 Å². The predicted octanol–water partition coefficient (Wildman–Crippen LogP) is 3.66. The minimum Gasteiger partial charge on any atom is -0.369 e. The fourth-order valence-electron chi connectivity index (χ4n) is 1.97. The third-order valence-electron chi connectivity index (χ3n) is 2.85. The van der Waals surface area contributed by atoms with Gasteiger partial charge in [0.15, 0.2) is 0 Å². The first-order chi connectivity index (χ1) is 8.99. The Bertz CT molecular complexity index is 609. The first kappa shape index (κ1) is 13.9. The van der Waals surface area contributed by atoms with Gasteiger partial charge in [0.2, 0.25) is 5.91 Å². The van der Waals surface area contributed by atoms with Crippen LogP contribution in [0.2, 0.25) is 5.02 Å². The molecule has 100 valence electrons. The van der Waals surface area contributed by atoms with Gasteiger partial charge in [0.1, 0.15) is 6.04 Å². The fourth-order valence-corrected chi connectivity index (χ4v) is 3.13. The number of para-hydroxylation sites is 1. The Kier molecular flexibility index (Phi) is 4.12. The second-order valence-corrected chi connectivity index (χ2v) is 6.20. The molecule has 5 heteroatoms. The Morgan fingerprint density at radius 1 is 1.37 bits per heavy atom. The number of primary amides is 1. The highest BCUT2D eigenvalue weighted by atomic mass is 35.5. The summed E-state index contributed by atoms with van der Waals surface area (Å²) >= 11 is 7.74. The summed E-state index contributed by atoms with van der Waals surface area (Å²) in [5.74, 6) is -0.416. The van der Waals surface area contributed by atoms with Crippen LogP contribution in [0.1, 0.15) is 21.4 Å². The minimum atomic E-state index is -0.565. The van der Waals surface area contributed by atoms with E-state index in [4.69, 9.17) is 17.3 Å². The van der Waals surface area contributed by atoms with E-state index in [1.165, 1.54) is 0 Å². The molecule has 0 saturated carbocycles. The lowest BCUT2D eigenvalue weighted by Crippen LogP contribution is -2.28. The summed E-state index contributed by atoms with van der Waals surface area (Å²) in [6.45, 7) is 3.99. The van der Waals surface area contributed by atoms with Crippen LogP contribution in [0.25, 0.3) is 0 Å². The topological polar surface area (TPSA) is 55.1 Å². The number of anilines is 1. The molecule has 3 nitrogen and oxygen atoms in total. The van der Waals surface area contributed by atoms with E-state index in [2.05, 4.69) is 5.32 Å². The van der Waals surface area contributed by atoms with E-state index in [0.717, 1.165) is 15.3 Å². The quantitative estimate of drug-likeness (QED) is 0.904. The molecule has 1 unspecified atom stereocenters. The lowest BCUT2D eigenvalue weighted by atomic mass is 10.1. The van der Waals surface area contributed by atoms with Gasteiger partial charge >= 0.3 is 0 Å². The zero-order valence-electron chi connectivity index (χ0n) is 10.7. The molecule has 3 N–H and O–H groups in total. The first-order valence-electron chi connectivity index (χ1n) is 5.86. The maximum Gasteiger partial charge on any atom is 0.244 e. The number of benzene rings is 1. The maximum atomic E-state index is 11.7. The molecule has 0 saturated heterocycles. The smallest absolute Gasteiger partial charge is 0.244 e. The Morgan fingerprint density at radius 2 is 2.05 bits per heavy atom. The van der Waals surface area contributed by atoms with Crippen LogP contribution in [0.4, 0.5) is 5.69 Å². The minimum absolute atomic E-state index is 0.416. The molecule has 0 aliphatic heterocycles. The molecule has 0 bridgehead atoms. The van der Waals surface area contributed by atoms with Gasteiger partial charge in [-0.25, -0.2) is 0 Å². The van der Waals surface area contributed by atoms with Crippen molar-refractivity contribution in [2.45, 2.75) is 19.9 Å². The van der Waals surface area contributed by atoms with Crippen molar-refractivity contribution >= 4 is 34.5 Å². The molecule has 2 aromatic rings. The molecule has 1 atom stereocenters. The molecule has 1 amide bonds. The van der Waals surface area contributed by atoms with E-state index < -0.39 is 11.9 Å². The van der Waals surface area contributed by atoms with Gasteiger partial charge in [0.05, 0.1) is 10.7 Å². The average molecular weight is 295 g/mol. The summed E-state index contributed by atoms with van der Waals surface area (Å²) in [6.07, 6.45) is 0. The van der Waals surface area contributed by atoms with Crippen LogP contribution in [-0.4, -0.2) is 5.91 Å². The van der Waals surface area contributed by atoms with Gasteiger partial charge in [-0.15, -0.1) is 11.3 Å². The van der Waals surface area contributed by atoms with Crippen molar-refractivity contribution in [3.8, 4) is 0 Å². The molecule has 0 radical (unpaired) electrons. The van der Waals surface area contributed by atoms with Gasteiger partial charge in [-0.05, 0) is 37.6 Å². The Labute approximate surface area is 121 Å². The van der Waals surface area contributed by atoms with Crippen LogP contribution in [0.15, 0.2) is 30.3 Å². The molecule has 1 aromatic heterocycles. The zero-order valence-corrected chi connectivity index (χ0v) is 12.3. The highest BCUT2D eigenvalue weighted by molar-refractivity contribution is 7.12. The summed E-state index contributed by atoms with van der Waals surface area (Å²) in [7, 11) is 0. The molecule has 0 fully saturated rings. The van der Waals surface area contributed by atoms with E-state index in [1.807, 2.05) is 38.1 Å². The lowest BCUT2D eigenvalue weighted by Gasteiger charge is -2.17. The van der Waals surface area contributed by atoms with Crippen molar-refractivity contribution < 1.29 is 4.79 Å². The SMILES string of the molecule is Cc1cc(C(Nc2ccccc2Cl)C(N)=O)c(C)s1. The number of nitrogens with two attached hydrogens (primary N) is 1. The molecule has 0 aliphatic rings. The van der Waals surface area contributed by atoms with Crippen molar-refractivity contribution in [3.05, 3.63) is 50.7 Å². The number of thiophene rings is 1. The summed E-state index contributed by atoms with van der Waals surface area (Å²) < 4.78 is 0. The van der Waals surface area contributed by atoms with Gasteiger partial charge in [0.25, 0.3) is 0 Å². The van der Waals surface area contributed by atoms with Gasteiger partial charge in [0, 0.05) is 9.75 Å². The second kappa shape index (κ2) is 5.63. The van der Waals surface area contributed by atoms with Crippen molar-refractivity contribution in [2.75, 3.05) is 5.32 Å². The van der Waals surface area contributed by atoms with E-state index in [0.29, 0.717) is 10.7 Å². The Balaban J connectivity index is 2.35. The molecular weight excluding hydrogens is 280 g/mol. The van der Waals surface area contributed by atoms with Crippen LogP contribution in [0.5, 0.6) is 0 Å². The van der Waals surface area contributed by atoms with E-state index in [1.54, 1.807) is 17.4 Å². The standard InChI is InChI=1S/C14H15ClN2OS/c1-8-7-10(9(2)19-8)13(14(16)18)17-12-6-4-3-5-11(12)15/h3-7,13,17H,1-2H3,(H2,16,18). The molecular formula is C14H15ClN2OS. The van der Waals surface area contributed by atoms with E-state index in [-0.39, 0.29) is 0 Å². The zero-order chi connectivity index (χ0) is 14.0.